The lowest BCUT2D eigenvalue weighted by Gasteiger charge is -2.19. The summed E-state index contributed by atoms with van der Waals surface area (Å²) in [6.07, 6.45) is 1.98. The smallest absolute Gasteiger partial charge is 0.179 e. The summed E-state index contributed by atoms with van der Waals surface area (Å²) in [5.41, 5.74) is -0.00539. The van der Waals surface area contributed by atoms with E-state index < -0.39 is 15.1 Å². The number of hydrogen-bond acceptors (Lipinski definition) is 4. The van der Waals surface area contributed by atoms with Gasteiger partial charge in [0.05, 0.1) is 11.0 Å². The molecule has 0 aromatic carbocycles. The maximum Gasteiger partial charge on any atom is 0.179 e. The van der Waals surface area contributed by atoms with Gasteiger partial charge in [-0.15, -0.1) is 0 Å². The molecule has 72 valence electrons. The fraction of sp³-hybridized carbons (Fsp3) is 0.750. The summed E-state index contributed by atoms with van der Waals surface area (Å²) in [6, 6.07) is 0. The van der Waals surface area contributed by atoms with Crippen LogP contribution in [-0.4, -0.2) is 31.4 Å². The molecule has 0 aromatic rings. The molecule has 0 saturated heterocycles. The van der Waals surface area contributed by atoms with Gasteiger partial charge in [0.1, 0.15) is 0 Å². The first-order chi connectivity index (χ1) is 5.91. The zero-order chi connectivity index (χ0) is 9.80. The van der Waals surface area contributed by atoms with Gasteiger partial charge in [-0.1, -0.05) is 0 Å². The number of rotatable bonds is 1. The second-order valence-electron chi connectivity index (χ2n) is 3.92. The van der Waals surface area contributed by atoms with Crippen LogP contribution in [0.4, 0.5) is 0 Å². The normalized spacial score (nSPS) is 38.7. The lowest BCUT2D eigenvalue weighted by atomic mass is 9.97. The van der Waals surface area contributed by atoms with Crippen molar-refractivity contribution in [2.24, 2.45) is 11.8 Å². The molecule has 2 saturated carbocycles. The van der Waals surface area contributed by atoms with Crippen LogP contribution in [0.2, 0.25) is 0 Å². The van der Waals surface area contributed by atoms with Gasteiger partial charge in [0.15, 0.2) is 15.6 Å². The van der Waals surface area contributed by atoms with Crippen molar-refractivity contribution in [3.8, 4) is 0 Å². The zero-order valence-corrected chi connectivity index (χ0v) is 8.10. The Morgan fingerprint density at radius 3 is 2.62 bits per heavy atom. The molecule has 2 fully saturated rings. The van der Waals surface area contributed by atoms with Crippen molar-refractivity contribution in [3.63, 3.8) is 0 Å². The largest absolute Gasteiger partial charge is 0.302 e. The van der Waals surface area contributed by atoms with Gasteiger partial charge in [-0.05, 0) is 12.3 Å². The van der Waals surface area contributed by atoms with Crippen molar-refractivity contribution in [1.29, 1.82) is 5.41 Å². The number of nitrogens with one attached hydrogen (secondary N) is 1. The molecule has 0 heterocycles. The number of carbonyl (C=O) groups is 1. The number of carbonyl (C=O) groups excluding carboxylic acids is 1. The van der Waals surface area contributed by atoms with Crippen LogP contribution >= 0.6 is 0 Å². The molecule has 5 heteroatoms. The molecule has 2 aliphatic rings. The molecule has 4 nitrogen and oxygen atoms in total. The summed E-state index contributed by atoms with van der Waals surface area (Å²) in [5.74, 6) is -0.275. The van der Waals surface area contributed by atoms with E-state index in [9.17, 15) is 13.2 Å². The number of fused-ring (bicyclic) bond motifs is 1. The predicted molar refractivity (Wildman–Crippen MR) is 47.6 cm³/mol. The first-order valence-electron chi connectivity index (χ1n) is 4.22. The fourth-order valence-electron chi connectivity index (χ4n) is 2.07. The predicted octanol–water partition coefficient (Wildman–Crippen LogP) is 0.0283. The van der Waals surface area contributed by atoms with Crippen molar-refractivity contribution >= 4 is 21.3 Å². The maximum atomic E-state index is 11.3. The quantitative estimate of drug-likeness (QED) is 0.650. The zero-order valence-electron chi connectivity index (χ0n) is 7.28. The lowest BCUT2D eigenvalue weighted by molar-refractivity contribution is -0.114. The standard InChI is InChI=1S/C8H11NO3S/c1-13(11,12)7-3-6(9)8(10)5-2-4(5)7/h4-5,7,9H,2-3H2,1H3. The SMILES string of the molecule is CS(=O)(=O)C1CC(=N)C(=O)C2CC21. The van der Waals surface area contributed by atoms with Gasteiger partial charge in [-0.25, -0.2) is 8.42 Å². The van der Waals surface area contributed by atoms with Crippen molar-refractivity contribution in [1.82, 2.24) is 0 Å². The lowest BCUT2D eigenvalue weighted by Crippen LogP contribution is -2.35. The van der Waals surface area contributed by atoms with E-state index in [-0.39, 0.29) is 29.8 Å². The molecule has 0 aliphatic heterocycles. The van der Waals surface area contributed by atoms with Crippen LogP contribution < -0.4 is 0 Å². The molecule has 2 aliphatic carbocycles. The third-order valence-electron chi connectivity index (χ3n) is 2.91. The van der Waals surface area contributed by atoms with E-state index in [0.717, 1.165) is 0 Å². The molecule has 2 rings (SSSR count). The summed E-state index contributed by atoms with van der Waals surface area (Å²) in [4.78, 5) is 11.2. The van der Waals surface area contributed by atoms with Gasteiger partial charge in [-0.2, -0.15) is 0 Å². The molecular weight excluding hydrogens is 190 g/mol. The number of sulfone groups is 1. The second-order valence-corrected chi connectivity index (χ2v) is 6.19. The van der Waals surface area contributed by atoms with Crippen molar-refractivity contribution < 1.29 is 13.2 Å². The van der Waals surface area contributed by atoms with Gasteiger partial charge in [0.2, 0.25) is 0 Å². The molecule has 0 amide bonds. The van der Waals surface area contributed by atoms with E-state index >= 15 is 0 Å². The van der Waals surface area contributed by atoms with E-state index in [0.29, 0.717) is 6.42 Å². The Bertz CT molecular complexity index is 384. The van der Waals surface area contributed by atoms with Crippen LogP contribution in [0.15, 0.2) is 0 Å². The summed E-state index contributed by atoms with van der Waals surface area (Å²) in [5, 5.41) is 6.88. The summed E-state index contributed by atoms with van der Waals surface area (Å²) < 4.78 is 22.5. The van der Waals surface area contributed by atoms with Crippen LogP contribution in [0.3, 0.4) is 0 Å². The average molecular weight is 201 g/mol. The highest BCUT2D eigenvalue weighted by atomic mass is 32.2. The van der Waals surface area contributed by atoms with Gasteiger partial charge < -0.3 is 5.41 Å². The van der Waals surface area contributed by atoms with E-state index in [1.54, 1.807) is 0 Å². The Morgan fingerprint density at radius 1 is 1.46 bits per heavy atom. The third kappa shape index (κ3) is 1.31. The van der Waals surface area contributed by atoms with Crippen LogP contribution in [0, 0.1) is 17.2 Å². The fourth-order valence-corrected chi connectivity index (χ4v) is 3.48. The molecular formula is C8H11NO3S. The maximum absolute atomic E-state index is 11.3. The van der Waals surface area contributed by atoms with Crippen LogP contribution in [-0.2, 0) is 14.6 Å². The highest BCUT2D eigenvalue weighted by Crippen LogP contribution is 2.48. The molecule has 0 spiro atoms. The molecule has 0 aromatic heterocycles. The third-order valence-corrected chi connectivity index (χ3v) is 4.52. The number of Topliss-reactive ketones (excluding diaryl/α,β-unsaturated/α-hetero) is 1. The highest BCUT2D eigenvalue weighted by Gasteiger charge is 2.55. The van der Waals surface area contributed by atoms with Crippen molar-refractivity contribution in [2.45, 2.75) is 18.1 Å². The van der Waals surface area contributed by atoms with Crippen LogP contribution in [0.5, 0.6) is 0 Å². The molecule has 3 unspecified atom stereocenters. The highest BCUT2D eigenvalue weighted by molar-refractivity contribution is 7.91. The number of ketones is 1. The molecule has 3 atom stereocenters. The molecule has 0 radical (unpaired) electrons. The molecule has 0 bridgehead atoms. The molecule has 1 N–H and O–H groups in total. The van der Waals surface area contributed by atoms with Gasteiger partial charge in [-0.3, -0.25) is 4.79 Å². The van der Waals surface area contributed by atoms with Crippen LogP contribution in [0.25, 0.3) is 0 Å². The topological polar surface area (TPSA) is 75.1 Å². The van der Waals surface area contributed by atoms with Gasteiger partial charge in [0, 0.05) is 18.6 Å². The Labute approximate surface area is 76.8 Å². The van der Waals surface area contributed by atoms with Gasteiger partial charge in [0.25, 0.3) is 0 Å². The number of hydrogen-bond donors (Lipinski definition) is 1. The minimum Gasteiger partial charge on any atom is -0.302 e. The van der Waals surface area contributed by atoms with E-state index in [1.165, 1.54) is 6.26 Å². The van der Waals surface area contributed by atoms with Gasteiger partial charge >= 0.3 is 0 Å². The van der Waals surface area contributed by atoms with E-state index in [4.69, 9.17) is 5.41 Å². The average Bonchev–Trinajstić information content (AvgIpc) is 2.73. The van der Waals surface area contributed by atoms with Crippen LogP contribution in [0.1, 0.15) is 12.8 Å². The second kappa shape index (κ2) is 2.41. The Kier molecular flexibility index (Phi) is 1.64. The summed E-state index contributed by atoms with van der Waals surface area (Å²) >= 11 is 0. The van der Waals surface area contributed by atoms with E-state index in [2.05, 4.69) is 0 Å². The minimum absolute atomic E-state index is 0.00539. The molecule has 13 heavy (non-hydrogen) atoms. The summed E-state index contributed by atoms with van der Waals surface area (Å²) in [7, 11) is -3.08. The monoisotopic (exact) mass is 201 g/mol. The summed E-state index contributed by atoms with van der Waals surface area (Å²) in [6.45, 7) is 0. The first kappa shape index (κ1) is 8.87. The Balaban J connectivity index is 2.28. The minimum atomic E-state index is -3.08. The van der Waals surface area contributed by atoms with E-state index in [1.807, 2.05) is 0 Å². The Hall–Kier alpha value is -0.710. The first-order valence-corrected chi connectivity index (χ1v) is 6.17. The Morgan fingerprint density at radius 2 is 2.08 bits per heavy atom. The van der Waals surface area contributed by atoms with Crippen molar-refractivity contribution in [3.05, 3.63) is 0 Å². The van der Waals surface area contributed by atoms with Crippen molar-refractivity contribution in [2.75, 3.05) is 6.26 Å².